The zero-order chi connectivity index (χ0) is 14.4. The number of rotatable bonds is 5. The lowest BCUT2D eigenvalue weighted by atomic mass is 9.98. The summed E-state index contributed by atoms with van der Waals surface area (Å²) in [4.78, 5) is 12.2. The van der Waals surface area contributed by atoms with E-state index in [1.54, 1.807) is 0 Å². The molecule has 1 aliphatic rings. The molecule has 4 nitrogen and oxygen atoms in total. The Kier molecular flexibility index (Phi) is 5.41. The van der Waals surface area contributed by atoms with Crippen LogP contribution in [-0.2, 0) is 9.53 Å². The van der Waals surface area contributed by atoms with Crippen LogP contribution in [0.2, 0.25) is 0 Å². The fourth-order valence-corrected chi connectivity index (χ4v) is 2.39. The van der Waals surface area contributed by atoms with Gasteiger partial charge < -0.3 is 14.8 Å². The average Bonchev–Trinajstić information content (AvgIpc) is 2.49. The van der Waals surface area contributed by atoms with Crippen molar-refractivity contribution in [2.24, 2.45) is 5.92 Å². The first kappa shape index (κ1) is 14.9. The normalized spacial score (nSPS) is 17.5. The van der Waals surface area contributed by atoms with E-state index in [9.17, 15) is 4.79 Å². The first-order valence-electron chi connectivity index (χ1n) is 7.31. The van der Waals surface area contributed by atoms with E-state index in [0.717, 1.165) is 24.2 Å². The van der Waals surface area contributed by atoms with Crippen LogP contribution in [0, 0.1) is 5.92 Å². The molecule has 0 spiro atoms. The molecule has 0 unspecified atom stereocenters. The van der Waals surface area contributed by atoms with Crippen molar-refractivity contribution in [2.45, 2.75) is 32.7 Å². The maximum Gasteiger partial charge on any atom is 0.223 e. The van der Waals surface area contributed by atoms with Crippen LogP contribution < -0.4 is 10.1 Å². The van der Waals surface area contributed by atoms with Crippen molar-refractivity contribution in [3.05, 3.63) is 29.8 Å². The first-order chi connectivity index (χ1) is 9.70. The Balaban J connectivity index is 1.89. The van der Waals surface area contributed by atoms with E-state index >= 15 is 0 Å². The van der Waals surface area contributed by atoms with Gasteiger partial charge in [-0.25, -0.2) is 0 Å². The molecule has 1 N–H and O–H groups in total. The van der Waals surface area contributed by atoms with Crippen molar-refractivity contribution in [2.75, 3.05) is 19.8 Å². The van der Waals surface area contributed by atoms with Crippen LogP contribution in [0.15, 0.2) is 24.3 Å². The van der Waals surface area contributed by atoms with Gasteiger partial charge in [-0.2, -0.15) is 0 Å². The van der Waals surface area contributed by atoms with Gasteiger partial charge in [-0.15, -0.1) is 0 Å². The van der Waals surface area contributed by atoms with E-state index in [1.165, 1.54) is 0 Å². The molecule has 1 aromatic carbocycles. The van der Waals surface area contributed by atoms with Crippen LogP contribution in [0.3, 0.4) is 0 Å². The summed E-state index contributed by atoms with van der Waals surface area (Å²) >= 11 is 0. The highest BCUT2D eigenvalue weighted by Crippen LogP contribution is 2.20. The van der Waals surface area contributed by atoms with Crippen LogP contribution in [0.5, 0.6) is 5.75 Å². The third-order valence-electron chi connectivity index (χ3n) is 3.64. The van der Waals surface area contributed by atoms with Gasteiger partial charge >= 0.3 is 0 Å². The number of benzene rings is 1. The van der Waals surface area contributed by atoms with Gasteiger partial charge in [0, 0.05) is 19.1 Å². The minimum absolute atomic E-state index is 0.0148. The molecule has 0 bridgehead atoms. The Hall–Kier alpha value is -1.55. The highest BCUT2D eigenvalue weighted by Gasteiger charge is 2.22. The number of nitrogens with one attached hydrogen (secondary N) is 1. The summed E-state index contributed by atoms with van der Waals surface area (Å²) in [5.41, 5.74) is 1.09. The minimum atomic E-state index is 0.0148. The summed E-state index contributed by atoms with van der Waals surface area (Å²) in [6, 6.07) is 7.90. The summed E-state index contributed by atoms with van der Waals surface area (Å²) in [5.74, 6) is 1.09. The van der Waals surface area contributed by atoms with E-state index in [-0.39, 0.29) is 17.9 Å². The fraction of sp³-hybridized carbons (Fsp3) is 0.562. The van der Waals surface area contributed by atoms with Crippen molar-refractivity contribution < 1.29 is 14.3 Å². The summed E-state index contributed by atoms with van der Waals surface area (Å²) in [6.07, 6.45) is 1.64. The molecule has 0 saturated carbocycles. The molecule has 20 heavy (non-hydrogen) atoms. The van der Waals surface area contributed by atoms with E-state index in [4.69, 9.17) is 9.47 Å². The van der Waals surface area contributed by atoms with Crippen LogP contribution >= 0.6 is 0 Å². The van der Waals surface area contributed by atoms with E-state index in [0.29, 0.717) is 19.8 Å². The highest BCUT2D eigenvalue weighted by molar-refractivity contribution is 5.79. The molecular weight excluding hydrogens is 254 g/mol. The molecule has 1 heterocycles. The van der Waals surface area contributed by atoms with Crippen molar-refractivity contribution in [1.29, 1.82) is 0 Å². The fourth-order valence-electron chi connectivity index (χ4n) is 2.39. The summed E-state index contributed by atoms with van der Waals surface area (Å²) < 4.78 is 10.7. The smallest absolute Gasteiger partial charge is 0.223 e. The second-order valence-electron chi connectivity index (χ2n) is 5.12. The summed E-state index contributed by atoms with van der Waals surface area (Å²) in [7, 11) is 0. The van der Waals surface area contributed by atoms with Gasteiger partial charge in [0.2, 0.25) is 5.91 Å². The molecule has 1 amide bonds. The summed E-state index contributed by atoms with van der Waals surface area (Å²) in [5, 5.41) is 3.08. The minimum Gasteiger partial charge on any atom is -0.494 e. The number of carbonyl (C=O) groups is 1. The van der Waals surface area contributed by atoms with Crippen LogP contribution in [0.1, 0.15) is 38.3 Å². The molecule has 2 rings (SSSR count). The number of amides is 1. The molecule has 0 aromatic heterocycles. The second-order valence-corrected chi connectivity index (χ2v) is 5.12. The average molecular weight is 277 g/mol. The summed E-state index contributed by atoms with van der Waals surface area (Å²) in [6.45, 7) is 6.01. The third kappa shape index (κ3) is 3.97. The van der Waals surface area contributed by atoms with Gasteiger partial charge in [-0.1, -0.05) is 12.1 Å². The molecule has 0 aliphatic carbocycles. The zero-order valence-electron chi connectivity index (χ0n) is 12.2. The maximum atomic E-state index is 12.2. The Bertz CT molecular complexity index is 424. The van der Waals surface area contributed by atoms with Crippen LogP contribution in [0.4, 0.5) is 0 Å². The van der Waals surface area contributed by atoms with E-state index in [2.05, 4.69) is 5.32 Å². The Morgan fingerprint density at radius 2 is 2.00 bits per heavy atom. The highest BCUT2D eigenvalue weighted by atomic mass is 16.5. The predicted molar refractivity (Wildman–Crippen MR) is 77.7 cm³/mol. The zero-order valence-corrected chi connectivity index (χ0v) is 12.2. The van der Waals surface area contributed by atoms with Gasteiger partial charge in [-0.3, -0.25) is 4.79 Å². The molecule has 4 heteroatoms. The molecule has 1 aromatic rings. The molecule has 1 atom stereocenters. The molecule has 0 radical (unpaired) electrons. The molecule has 1 aliphatic heterocycles. The van der Waals surface area contributed by atoms with Crippen molar-refractivity contribution in [3.63, 3.8) is 0 Å². The van der Waals surface area contributed by atoms with Gasteiger partial charge in [-0.05, 0) is 44.4 Å². The van der Waals surface area contributed by atoms with Crippen molar-refractivity contribution in [1.82, 2.24) is 5.32 Å². The Morgan fingerprint density at radius 3 is 2.60 bits per heavy atom. The lowest BCUT2D eigenvalue weighted by molar-refractivity contribution is -0.128. The number of hydrogen-bond acceptors (Lipinski definition) is 3. The van der Waals surface area contributed by atoms with Gasteiger partial charge in [0.05, 0.1) is 12.6 Å². The SMILES string of the molecule is CCOc1ccc([C@H](C)NC(=O)C2CCOCC2)cc1. The topological polar surface area (TPSA) is 47.6 Å². The Labute approximate surface area is 120 Å². The molecular formula is C16H23NO3. The van der Waals surface area contributed by atoms with Crippen LogP contribution in [0.25, 0.3) is 0 Å². The Morgan fingerprint density at radius 1 is 1.35 bits per heavy atom. The van der Waals surface area contributed by atoms with Crippen LogP contribution in [-0.4, -0.2) is 25.7 Å². The third-order valence-corrected chi connectivity index (χ3v) is 3.64. The monoisotopic (exact) mass is 277 g/mol. The molecule has 1 fully saturated rings. The maximum absolute atomic E-state index is 12.2. The number of hydrogen-bond donors (Lipinski definition) is 1. The van der Waals surface area contributed by atoms with E-state index in [1.807, 2.05) is 38.1 Å². The van der Waals surface area contributed by atoms with E-state index < -0.39 is 0 Å². The van der Waals surface area contributed by atoms with Gasteiger partial charge in [0.25, 0.3) is 0 Å². The predicted octanol–water partition coefficient (Wildman–Crippen LogP) is 2.69. The molecule has 110 valence electrons. The van der Waals surface area contributed by atoms with Crippen molar-refractivity contribution in [3.8, 4) is 5.75 Å². The van der Waals surface area contributed by atoms with Gasteiger partial charge in [0.1, 0.15) is 5.75 Å². The number of ether oxygens (including phenoxy) is 2. The second kappa shape index (κ2) is 7.29. The van der Waals surface area contributed by atoms with Gasteiger partial charge in [0.15, 0.2) is 0 Å². The van der Waals surface area contributed by atoms with Crippen molar-refractivity contribution >= 4 is 5.91 Å². The molecule has 1 saturated heterocycles. The first-order valence-corrected chi connectivity index (χ1v) is 7.31. The lowest BCUT2D eigenvalue weighted by Crippen LogP contribution is -2.35. The largest absolute Gasteiger partial charge is 0.494 e. The lowest BCUT2D eigenvalue weighted by Gasteiger charge is -2.23. The quantitative estimate of drug-likeness (QED) is 0.900. The standard InChI is InChI=1S/C16H23NO3/c1-3-20-15-6-4-13(5-7-15)12(2)17-16(18)14-8-10-19-11-9-14/h4-7,12,14H,3,8-11H2,1-2H3,(H,17,18)/t12-/m0/s1. The number of carbonyl (C=O) groups excluding carboxylic acids is 1.